The van der Waals surface area contributed by atoms with Gasteiger partial charge >= 0.3 is 11.9 Å². The van der Waals surface area contributed by atoms with Crippen molar-refractivity contribution in [2.24, 2.45) is 5.41 Å². The molecule has 0 aromatic rings. The van der Waals surface area contributed by atoms with Crippen molar-refractivity contribution in [3.63, 3.8) is 0 Å². The average molecular weight is 418 g/mol. The molecular weight excluding hydrogens is 387 g/mol. The topological polar surface area (TPSA) is 74.6 Å². The third-order valence-electron chi connectivity index (χ3n) is 3.27. The van der Waals surface area contributed by atoms with Crippen molar-refractivity contribution < 1.29 is 19.8 Å². The van der Waals surface area contributed by atoms with E-state index in [-0.39, 0.29) is 5.41 Å². The molecule has 25 heavy (non-hydrogen) atoms. The minimum Gasteiger partial charge on any atom is -0.478 e. The molecule has 0 aliphatic rings. The first kappa shape index (κ1) is 29.1. The van der Waals surface area contributed by atoms with Gasteiger partial charge in [-0.2, -0.15) is 0 Å². The van der Waals surface area contributed by atoms with Crippen LogP contribution in [-0.4, -0.2) is 25.9 Å². The number of alkyl halides is 3. The number of carboxylic acids is 2. The second-order valence-electron chi connectivity index (χ2n) is 5.98. The largest absolute Gasteiger partial charge is 0.478 e. The molecule has 0 aromatic carbocycles. The van der Waals surface area contributed by atoms with Crippen LogP contribution in [0.5, 0.6) is 0 Å². The number of aliphatic carboxylic acids is 2. The Labute approximate surface area is 166 Å². The van der Waals surface area contributed by atoms with Gasteiger partial charge in [-0.25, -0.2) is 9.59 Å². The lowest BCUT2D eigenvalue weighted by molar-refractivity contribution is -0.132. The van der Waals surface area contributed by atoms with Gasteiger partial charge in [-0.3, -0.25) is 0 Å². The van der Waals surface area contributed by atoms with Crippen LogP contribution in [0.4, 0.5) is 0 Å². The van der Waals surface area contributed by atoms with Crippen molar-refractivity contribution in [2.45, 2.75) is 69.5 Å². The van der Waals surface area contributed by atoms with E-state index < -0.39 is 15.7 Å². The fraction of sp³-hybridized carbons (Fsp3) is 0.667. The molecular formula is C18H31Cl3O4. The van der Waals surface area contributed by atoms with E-state index in [4.69, 9.17) is 45.0 Å². The van der Waals surface area contributed by atoms with Gasteiger partial charge in [0.05, 0.1) is 0 Å². The highest BCUT2D eigenvalue weighted by atomic mass is 35.6. The summed E-state index contributed by atoms with van der Waals surface area (Å²) in [5, 5.41) is 15.2. The maximum absolute atomic E-state index is 9.25. The molecule has 0 fully saturated rings. The molecule has 0 spiro atoms. The molecule has 0 saturated heterocycles. The summed E-state index contributed by atoms with van der Waals surface area (Å²) in [4.78, 5) is 18.5. The lowest BCUT2D eigenvalue weighted by Gasteiger charge is -2.32. The number of halogens is 3. The van der Waals surface area contributed by atoms with Crippen molar-refractivity contribution in [3.8, 4) is 0 Å². The molecule has 4 nitrogen and oxygen atoms in total. The third kappa shape index (κ3) is 23.3. The van der Waals surface area contributed by atoms with E-state index in [1.807, 2.05) is 13.8 Å². The zero-order chi connectivity index (χ0) is 20.5. The second-order valence-corrected chi connectivity index (χ2v) is 8.27. The quantitative estimate of drug-likeness (QED) is 0.250. The number of carbonyl (C=O) groups is 2. The highest BCUT2D eigenvalue weighted by molar-refractivity contribution is 6.68. The summed E-state index contributed by atoms with van der Waals surface area (Å²) in [6, 6.07) is 0. The predicted molar refractivity (Wildman–Crippen MR) is 108 cm³/mol. The van der Waals surface area contributed by atoms with Crippen molar-refractivity contribution in [1.29, 1.82) is 0 Å². The number of hydrogen-bond donors (Lipinski definition) is 2. The molecule has 0 heterocycles. The molecule has 0 unspecified atom stereocenters. The van der Waals surface area contributed by atoms with Gasteiger partial charge in [-0.1, -0.05) is 107 Å². The van der Waals surface area contributed by atoms with Crippen LogP contribution in [0.3, 0.4) is 0 Å². The van der Waals surface area contributed by atoms with Gasteiger partial charge in [0, 0.05) is 17.6 Å². The summed E-state index contributed by atoms with van der Waals surface area (Å²) in [6.07, 6.45) is 10.3. The molecule has 148 valence electrons. The minimum atomic E-state index is -1.14. The molecule has 0 bridgehead atoms. The van der Waals surface area contributed by atoms with Crippen LogP contribution in [0.25, 0.3) is 0 Å². The monoisotopic (exact) mass is 416 g/mol. The Morgan fingerprint density at radius 1 is 0.880 bits per heavy atom. The highest BCUT2D eigenvalue weighted by Crippen LogP contribution is 2.47. The Kier molecular flexibility index (Phi) is 19.5. The number of hydrogen-bond acceptors (Lipinski definition) is 2. The molecule has 0 amide bonds. The fourth-order valence-electron chi connectivity index (χ4n) is 1.49. The lowest BCUT2D eigenvalue weighted by atomic mass is 9.88. The molecule has 0 saturated carbocycles. The standard InChI is InChI=1S/C12H23Cl3.2C3H4O2/c1-4-5-6-7-8-9-10-11(2,3)12(13,14)15;2*1-2-3(4)5/h4-10H2,1-3H3;2*2H,1H2,(H,4,5). The van der Waals surface area contributed by atoms with Gasteiger partial charge in [-0.05, 0) is 6.42 Å². The highest BCUT2D eigenvalue weighted by Gasteiger charge is 2.39. The Morgan fingerprint density at radius 2 is 1.20 bits per heavy atom. The first-order valence-electron chi connectivity index (χ1n) is 8.13. The molecule has 0 rings (SSSR count). The fourth-order valence-corrected chi connectivity index (χ4v) is 1.77. The van der Waals surface area contributed by atoms with Crippen molar-refractivity contribution >= 4 is 46.7 Å². The average Bonchev–Trinajstić information content (AvgIpc) is 2.50. The zero-order valence-corrected chi connectivity index (χ0v) is 17.6. The number of unbranched alkanes of at least 4 members (excludes halogenated alkanes) is 5. The van der Waals surface area contributed by atoms with Crippen molar-refractivity contribution in [2.75, 3.05) is 0 Å². The SMILES string of the molecule is C=CC(=O)O.C=CC(=O)O.CCCCCCCCC(C)(C)C(Cl)(Cl)Cl. The van der Waals surface area contributed by atoms with E-state index in [2.05, 4.69) is 20.1 Å². The molecule has 2 N–H and O–H groups in total. The molecule has 0 aromatic heterocycles. The first-order chi connectivity index (χ1) is 11.4. The second kappa shape index (κ2) is 16.7. The van der Waals surface area contributed by atoms with E-state index in [1.165, 1.54) is 32.1 Å². The van der Waals surface area contributed by atoms with Crippen LogP contribution < -0.4 is 0 Å². The Bertz CT molecular complexity index is 370. The normalized spacial score (nSPS) is 10.5. The summed E-state index contributed by atoms with van der Waals surface area (Å²) >= 11 is 17.8. The summed E-state index contributed by atoms with van der Waals surface area (Å²) in [5.41, 5.74) is -0.220. The maximum Gasteiger partial charge on any atom is 0.327 e. The van der Waals surface area contributed by atoms with E-state index in [0.29, 0.717) is 0 Å². The molecule has 0 radical (unpaired) electrons. The van der Waals surface area contributed by atoms with E-state index in [1.54, 1.807) is 0 Å². The van der Waals surface area contributed by atoms with Crippen LogP contribution in [0.2, 0.25) is 0 Å². The van der Waals surface area contributed by atoms with Crippen LogP contribution in [0.1, 0.15) is 65.7 Å². The van der Waals surface area contributed by atoms with Gasteiger partial charge < -0.3 is 10.2 Å². The van der Waals surface area contributed by atoms with Gasteiger partial charge in [0.25, 0.3) is 0 Å². The smallest absolute Gasteiger partial charge is 0.327 e. The van der Waals surface area contributed by atoms with Gasteiger partial charge in [-0.15, -0.1) is 0 Å². The van der Waals surface area contributed by atoms with Gasteiger partial charge in [0.2, 0.25) is 0 Å². The Hall–Kier alpha value is -0.710. The van der Waals surface area contributed by atoms with Crippen molar-refractivity contribution in [1.82, 2.24) is 0 Å². The minimum absolute atomic E-state index is 0.220. The van der Waals surface area contributed by atoms with Crippen LogP contribution in [0, 0.1) is 5.41 Å². The number of rotatable bonds is 9. The summed E-state index contributed by atoms with van der Waals surface area (Å²) in [7, 11) is 0. The van der Waals surface area contributed by atoms with E-state index >= 15 is 0 Å². The molecule has 0 aliphatic carbocycles. The Balaban J connectivity index is -0.000000396. The van der Waals surface area contributed by atoms with Crippen LogP contribution in [0.15, 0.2) is 25.3 Å². The van der Waals surface area contributed by atoms with E-state index in [0.717, 1.165) is 25.0 Å². The van der Waals surface area contributed by atoms with Crippen LogP contribution >= 0.6 is 34.8 Å². The third-order valence-corrected chi connectivity index (χ3v) is 4.81. The van der Waals surface area contributed by atoms with E-state index in [9.17, 15) is 9.59 Å². The summed E-state index contributed by atoms with van der Waals surface area (Å²) in [6.45, 7) is 12.2. The van der Waals surface area contributed by atoms with Crippen LogP contribution in [-0.2, 0) is 9.59 Å². The summed E-state index contributed by atoms with van der Waals surface area (Å²) in [5.74, 6) is -1.96. The molecule has 0 atom stereocenters. The summed E-state index contributed by atoms with van der Waals surface area (Å²) < 4.78 is -1.14. The zero-order valence-electron chi connectivity index (χ0n) is 15.4. The maximum atomic E-state index is 9.25. The molecule has 7 heteroatoms. The number of carboxylic acid groups (broad SMARTS) is 2. The molecule has 0 aliphatic heterocycles. The van der Waals surface area contributed by atoms with Gasteiger partial charge in [0.15, 0.2) is 3.79 Å². The lowest BCUT2D eigenvalue weighted by Crippen LogP contribution is -2.28. The first-order valence-corrected chi connectivity index (χ1v) is 9.26. The van der Waals surface area contributed by atoms with Crippen molar-refractivity contribution in [3.05, 3.63) is 25.3 Å². The Morgan fingerprint density at radius 3 is 1.48 bits per heavy atom. The van der Waals surface area contributed by atoms with Gasteiger partial charge in [0.1, 0.15) is 0 Å². The predicted octanol–water partition coefficient (Wildman–Crippen LogP) is 6.65.